The van der Waals surface area contributed by atoms with E-state index < -0.39 is 29.7 Å². The zero-order chi connectivity index (χ0) is 22.0. The van der Waals surface area contributed by atoms with Crippen molar-refractivity contribution < 1.29 is 28.2 Å². The SMILES string of the molecule is Cc1cc(C(=N)C[C@]([OH2+])(c2cc(Cl)cc(Cl)c2)C(F)(F)F)ccc1SCC(=O)O. The highest BCUT2D eigenvalue weighted by atomic mass is 35.5. The van der Waals surface area contributed by atoms with Crippen LogP contribution < -0.4 is 0 Å². The van der Waals surface area contributed by atoms with Gasteiger partial charge in [0.1, 0.15) is 0 Å². The molecule has 2 aromatic rings. The van der Waals surface area contributed by atoms with E-state index in [0.29, 0.717) is 10.5 Å². The molecule has 0 radical (unpaired) electrons. The summed E-state index contributed by atoms with van der Waals surface area (Å²) in [4.78, 5) is 11.3. The number of hydrogen-bond donors (Lipinski definition) is 2. The third-order valence-electron chi connectivity index (χ3n) is 4.16. The Labute approximate surface area is 179 Å². The van der Waals surface area contributed by atoms with Crippen molar-refractivity contribution in [1.82, 2.24) is 0 Å². The summed E-state index contributed by atoms with van der Waals surface area (Å²) in [5.41, 5.74) is -3.09. The highest BCUT2D eigenvalue weighted by Crippen LogP contribution is 2.44. The number of halogens is 5. The molecule has 1 atom stereocenters. The van der Waals surface area contributed by atoms with E-state index in [4.69, 9.17) is 38.8 Å². The highest BCUT2D eigenvalue weighted by Gasteiger charge is 2.61. The van der Waals surface area contributed by atoms with E-state index in [-0.39, 0.29) is 27.1 Å². The van der Waals surface area contributed by atoms with Gasteiger partial charge in [0, 0.05) is 26.2 Å². The van der Waals surface area contributed by atoms with Crippen LogP contribution in [0.4, 0.5) is 13.2 Å². The quantitative estimate of drug-likeness (QED) is 0.324. The zero-order valence-electron chi connectivity index (χ0n) is 15.0. The monoisotopic (exact) mass is 466 g/mol. The van der Waals surface area contributed by atoms with Gasteiger partial charge in [0.15, 0.2) is 0 Å². The van der Waals surface area contributed by atoms with Crippen LogP contribution in [-0.2, 0) is 10.4 Å². The molecule has 29 heavy (non-hydrogen) atoms. The molecular weight excluding hydrogens is 450 g/mol. The van der Waals surface area contributed by atoms with Crippen molar-refractivity contribution in [3.63, 3.8) is 0 Å². The number of thioether (sulfide) groups is 1. The largest absolute Gasteiger partial charge is 0.481 e. The van der Waals surface area contributed by atoms with Crippen LogP contribution in [0.25, 0.3) is 0 Å². The fourth-order valence-corrected chi connectivity index (χ4v) is 3.93. The number of benzene rings is 2. The van der Waals surface area contributed by atoms with Crippen LogP contribution in [-0.4, -0.2) is 33.8 Å². The van der Waals surface area contributed by atoms with Gasteiger partial charge >= 0.3 is 12.1 Å². The fraction of sp³-hybridized carbons (Fsp3) is 0.263. The molecular formula is C19H17Cl2F3NO3S+. The molecule has 0 unspecified atom stereocenters. The molecule has 0 aliphatic rings. The molecule has 0 fully saturated rings. The number of aryl methyl sites for hydroxylation is 1. The van der Waals surface area contributed by atoms with Crippen molar-refractivity contribution in [3.8, 4) is 0 Å². The van der Waals surface area contributed by atoms with Crippen molar-refractivity contribution in [2.45, 2.75) is 30.0 Å². The van der Waals surface area contributed by atoms with Crippen molar-refractivity contribution >= 4 is 46.6 Å². The van der Waals surface area contributed by atoms with Crippen molar-refractivity contribution in [2.24, 2.45) is 0 Å². The summed E-state index contributed by atoms with van der Waals surface area (Å²) >= 11 is 12.7. The van der Waals surface area contributed by atoms with Crippen LogP contribution in [0.2, 0.25) is 10.0 Å². The maximum atomic E-state index is 13.8. The minimum absolute atomic E-state index is 0.0319. The molecule has 0 aliphatic heterocycles. The third kappa shape index (κ3) is 5.66. The Morgan fingerprint density at radius 1 is 1.17 bits per heavy atom. The molecule has 4 N–H and O–H groups in total. The first-order valence-electron chi connectivity index (χ1n) is 8.15. The van der Waals surface area contributed by atoms with E-state index in [1.54, 1.807) is 13.0 Å². The third-order valence-corrected chi connectivity index (χ3v) is 5.75. The molecule has 2 rings (SSSR count). The van der Waals surface area contributed by atoms with Gasteiger partial charge in [-0.25, -0.2) is 0 Å². The summed E-state index contributed by atoms with van der Waals surface area (Å²) in [5.74, 6) is -1.15. The second-order valence-corrected chi connectivity index (χ2v) is 8.27. The first-order chi connectivity index (χ1) is 13.3. The molecule has 0 amide bonds. The molecule has 0 aliphatic carbocycles. The predicted molar refractivity (Wildman–Crippen MR) is 109 cm³/mol. The van der Waals surface area contributed by atoms with E-state index in [1.165, 1.54) is 18.2 Å². The lowest BCUT2D eigenvalue weighted by atomic mass is 9.85. The van der Waals surface area contributed by atoms with Gasteiger partial charge < -0.3 is 15.6 Å². The van der Waals surface area contributed by atoms with Crippen molar-refractivity contribution in [3.05, 3.63) is 63.1 Å². The minimum Gasteiger partial charge on any atom is -0.481 e. The molecule has 4 nitrogen and oxygen atoms in total. The summed E-state index contributed by atoms with van der Waals surface area (Å²) < 4.78 is 41.5. The van der Waals surface area contributed by atoms with Gasteiger partial charge in [-0.15, -0.1) is 11.8 Å². The van der Waals surface area contributed by atoms with Gasteiger partial charge in [-0.2, -0.15) is 13.2 Å². The van der Waals surface area contributed by atoms with Crippen LogP contribution in [0.15, 0.2) is 41.3 Å². The molecule has 0 spiro atoms. The molecule has 156 valence electrons. The standard InChI is InChI=1S/C19H16Cl2F3NO3S/c1-10-4-11(2-3-16(10)29-9-17(26)27)15(25)8-18(28,19(22,23)24)12-5-13(20)7-14(21)6-12/h2-7,25,28H,8-9H2,1H3,(H,26,27)/p+1/t18-/m0/s1. The number of rotatable bonds is 7. The average molecular weight is 467 g/mol. The Kier molecular flexibility index (Phi) is 7.27. The summed E-state index contributed by atoms with van der Waals surface area (Å²) in [6, 6.07) is 7.83. The first-order valence-corrected chi connectivity index (χ1v) is 9.89. The molecule has 0 heterocycles. The molecule has 0 saturated carbocycles. The Hall–Kier alpha value is -1.74. The Bertz CT molecular complexity index is 933. The maximum Gasteiger partial charge on any atom is 0.470 e. The van der Waals surface area contributed by atoms with Gasteiger partial charge in [-0.3, -0.25) is 4.79 Å². The van der Waals surface area contributed by atoms with Gasteiger partial charge in [0.2, 0.25) is 0 Å². The summed E-state index contributed by atoms with van der Waals surface area (Å²) in [6.07, 6.45) is -5.91. The van der Waals surface area contributed by atoms with Crippen LogP contribution in [0, 0.1) is 12.3 Å². The fourth-order valence-electron chi connectivity index (χ4n) is 2.67. The normalized spacial score (nSPS) is 13.8. The lowest BCUT2D eigenvalue weighted by Crippen LogP contribution is -2.44. The second kappa shape index (κ2) is 8.95. The molecule has 0 saturated heterocycles. The van der Waals surface area contributed by atoms with E-state index in [9.17, 15) is 18.0 Å². The topological polar surface area (TPSA) is 84.0 Å². The Balaban J connectivity index is 2.36. The van der Waals surface area contributed by atoms with Gasteiger partial charge in [-0.1, -0.05) is 29.3 Å². The number of aliphatic carboxylic acids is 1. The lowest BCUT2D eigenvalue weighted by Gasteiger charge is -2.27. The summed E-state index contributed by atoms with van der Waals surface area (Å²) in [5, 5.41) is 25.0. The van der Waals surface area contributed by atoms with Crippen LogP contribution in [0.5, 0.6) is 0 Å². The molecule has 0 aromatic heterocycles. The number of carboxylic acids is 1. The molecule has 2 aromatic carbocycles. The number of nitrogens with one attached hydrogen (secondary N) is 1. The van der Waals surface area contributed by atoms with Crippen LogP contribution >= 0.6 is 35.0 Å². The predicted octanol–water partition coefficient (Wildman–Crippen LogP) is 5.42. The van der Waals surface area contributed by atoms with Gasteiger partial charge in [0.05, 0.1) is 12.2 Å². The first kappa shape index (κ1) is 23.5. The average Bonchev–Trinajstić information content (AvgIpc) is 2.58. The minimum atomic E-state index is -4.97. The zero-order valence-corrected chi connectivity index (χ0v) is 17.4. The smallest absolute Gasteiger partial charge is 0.470 e. The maximum absolute atomic E-state index is 13.8. The molecule has 10 heteroatoms. The van der Waals surface area contributed by atoms with Crippen LogP contribution in [0.3, 0.4) is 0 Å². The van der Waals surface area contributed by atoms with E-state index >= 15 is 0 Å². The number of carbonyl (C=O) groups is 1. The number of hydrogen-bond acceptors (Lipinski definition) is 3. The van der Waals surface area contributed by atoms with E-state index in [0.717, 1.165) is 23.9 Å². The van der Waals surface area contributed by atoms with Gasteiger partial charge in [0.25, 0.3) is 5.60 Å². The highest BCUT2D eigenvalue weighted by molar-refractivity contribution is 8.00. The molecule has 0 bridgehead atoms. The van der Waals surface area contributed by atoms with E-state index in [2.05, 4.69) is 0 Å². The Morgan fingerprint density at radius 3 is 2.24 bits per heavy atom. The second-order valence-electron chi connectivity index (χ2n) is 6.38. The van der Waals surface area contributed by atoms with Crippen LogP contribution in [0.1, 0.15) is 23.1 Å². The lowest BCUT2D eigenvalue weighted by molar-refractivity contribution is -0.263. The van der Waals surface area contributed by atoms with Crippen molar-refractivity contribution in [2.75, 3.05) is 5.75 Å². The van der Waals surface area contributed by atoms with E-state index in [1.807, 2.05) is 0 Å². The summed E-state index contributed by atoms with van der Waals surface area (Å²) in [6.45, 7) is 1.68. The van der Waals surface area contributed by atoms with Crippen molar-refractivity contribution in [1.29, 1.82) is 5.41 Å². The van der Waals surface area contributed by atoms with Gasteiger partial charge in [-0.05, 0) is 48.4 Å². The summed E-state index contributed by atoms with van der Waals surface area (Å²) in [7, 11) is 0. The number of carboxylic acid groups (broad SMARTS) is 1. The Morgan fingerprint density at radius 2 is 1.76 bits per heavy atom. The number of alkyl halides is 3.